The Morgan fingerprint density at radius 1 is 1.24 bits per heavy atom. The summed E-state index contributed by atoms with van der Waals surface area (Å²) >= 11 is 1.37. The minimum atomic E-state index is -4.43. The second kappa shape index (κ2) is 7.47. The molecule has 1 N–H and O–H groups in total. The van der Waals surface area contributed by atoms with E-state index in [1.54, 1.807) is 18.3 Å². The Kier molecular flexibility index (Phi) is 4.99. The highest BCUT2D eigenvalue weighted by molar-refractivity contribution is 7.15. The van der Waals surface area contributed by atoms with Gasteiger partial charge in [-0.2, -0.15) is 13.2 Å². The van der Waals surface area contributed by atoms with Gasteiger partial charge in [-0.25, -0.2) is 14.8 Å². The molecule has 0 unspecified atom stereocenters. The first-order valence-electron chi connectivity index (χ1n) is 9.00. The van der Waals surface area contributed by atoms with E-state index in [1.807, 2.05) is 13.0 Å². The van der Waals surface area contributed by atoms with Crippen LogP contribution in [0.2, 0.25) is 0 Å². The maximum atomic E-state index is 13.0. The monoisotopic (exact) mass is 418 g/mol. The average molecular weight is 418 g/mol. The summed E-state index contributed by atoms with van der Waals surface area (Å²) in [5.74, 6) is 0.469. The van der Waals surface area contributed by atoms with E-state index in [1.165, 1.54) is 22.3 Å². The maximum absolute atomic E-state index is 13.0. The van der Waals surface area contributed by atoms with E-state index < -0.39 is 11.7 Å². The standard InChI is InChI=1S/C20H17F3N4OS/c1-12-11-24-18(29-12)26-19(28)27-9-3-5-13-7-8-16(25-17(13)27)14-4-2-6-15(10-14)20(21,22)23/h2,4,6-8,10-11H,3,5,9H2,1H3,(H,24,26,28). The van der Waals surface area contributed by atoms with Gasteiger partial charge in [0.25, 0.3) is 0 Å². The number of aryl methyl sites for hydroxylation is 2. The van der Waals surface area contributed by atoms with Crippen LogP contribution in [0.4, 0.5) is 28.9 Å². The SMILES string of the molecule is Cc1cnc(NC(=O)N2CCCc3ccc(-c4cccc(C(F)(F)F)c4)nc32)s1. The number of urea groups is 1. The highest BCUT2D eigenvalue weighted by Gasteiger charge is 2.31. The molecule has 1 aromatic carbocycles. The van der Waals surface area contributed by atoms with Crippen LogP contribution in [0, 0.1) is 6.92 Å². The quantitative estimate of drug-likeness (QED) is 0.596. The Bertz CT molecular complexity index is 1060. The van der Waals surface area contributed by atoms with Gasteiger partial charge in [-0.15, -0.1) is 11.3 Å². The molecule has 29 heavy (non-hydrogen) atoms. The lowest BCUT2D eigenvalue weighted by Gasteiger charge is -2.28. The third-order valence-electron chi connectivity index (χ3n) is 4.61. The molecule has 0 aliphatic carbocycles. The van der Waals surface area contributed by atoms with Crippen LogP contribution >= 0.6 is 11.3 Å². The van der Waals surface area contributed by atoms with E-state index in [2.05, 4.69) is 15.3 Å². The number of nitrogens with zero attached hydrogens (tertiary/aromatic N) is 3. The van der Waals surface area contributed by atoms with Crippen molar-refractivity contribution in [2.24, 2.45) is 0 Å². The first-order chi connectivity index (χ1) is 13.8. The summed E-state index contributed by atoms with van der Waals surface area (Å²) in [4.78, 5) is 23.9. The van der Waals surface area contributed by atoms with Crippen LogP contribution in [0.1, 0.15) is 22.4 Å². The van der Waals surface area contributed by atoms with Gasteiger partial charge in [-0.1, -0.05) is 18.2 Å². The van der Waals surface area contributed by atoms with Crippen LogP contribution in [0.25, 0.3) is 11.3 Å². The predicted molar refractivity (Wildman–Crippen MR) is 106 cm³/mol. The van der Waals surface area contributed by atoms with Crippen molar-refractivity contribution in [1.29, 1.82) is 0 Å². The molecular formula is C20H17F3N4OS. The summed E-state index contributed by atoms with van der Waals surface area (Å²) in [6, 6.07) is 8.20. The Morgan fingerprint density at radius 2 is 2.07 bits per heavy atom. The molecule has 4 rings (SSSR count). The summed E-state index contributed by atoms with van der Waals surface area (Å²) < 4.78 is 39.1. The number of halogens is 3. The van der Waals surface area contributed by atoms with E-state index >= 15 is 0 Å². The van der Waals surface area contributed by atoms with Crippen molar-refractivity contribution < 1.29 is 18.0 Å². The molecule has 9 heteroatoms. The topological polar surface area (TPSA) is 58.1 Å². The van der Waals surface area contributed by atoms with Gasteiger partial charge in [0.2, 0.25) is 0 Å². The maximum Gasteiger partial charge on any atom is 0.416 e. The van der Waals surface area contributed by atoms with E-state index in [0.29, 0.717) is 28.8 Å². The molecular weight excluding hydrogens is 401 g/mol. The van der Waals surface area contributed by atoms with Gasteiger partial charge in [-0.3, -0.25) is 10.2 Å². The fourth-order valence-corrected chi connectivity index (χ4v) is 3.88. The fourth-order valence-electron chi connectivity index (χ4n) is 3.22. The number of alkyl halides is 3. The Hall–Kier alpha value is -2.94. The third kappa shape index (κ3) is 4.09. The molecule has 1 aliphatic heterocycles. The van der Waals surface area contributed by atoms with Gasteiger partial charge in [0.05, 0.1) is 11.3 Å². The molecule has 3 heterocycles. The first-order valence-corrected chi connectivity index (χ1v) is 9.81. The van der Waals surface area contributed by atoms with Gasteiger partial charge in [0, 0.05) is 23.2 Å². The summed E-state index contributed by atoms with van der Waals surface area (Å²) in [7, 11) is 0. The molecule has 0 spiro atoms. The number of pyridine rings is 1. The fraction of sp³-hybridized carbons (Fsp3) is 0.250. The predicted octanol–water partition coefficient (Wildman–Crippen LogP) is 5.52. The summed E-state index contributed by atoms with van der Waals surface area (Å²) in [6.45, 7) is 2.37. The number of hydrogen-bond donors (Lipinski definition) is 1. The molecule has 3 aromatic rings. The van der Waals surface area contributed by atoms with E-state index in [0.717, 1.165) is 35.4 Å². The van der Waals surface area contributed by atoms with Crippen LogP contribution in [0.15, 0.2) is 42.6 Å². The normalized spacial score (nSPS) is 13.9. The Balaban J connectivity index is 1.66. The van der Waals surface area contributed by atoms with Crippen LogP contribution < -0.4 is 10.2 Å². The highest BCUT2D eigenvalue weighted by atomic mass is 32.1. The number of anilines is 2. The number of rotatable bonds is 2. The molecule has 150 valence electrons. The molecule has 0 saturated carbocycles. The van der Waals surface area contributed by atoms with Crippen molar-refractivity contribution >= 4 is 28.3 Å². The molecule has 5 nitrogen and oxygen atoms in total. The minimum Gasteiger partial charge on any atom is -0.283 e. The van der Waals surface area contributed by atoms with Gasteiger partial charge >= 0.3 is 12.2 Å². The number of hydrogen-bond acceptors (Lipinski definition) is 4. The smallest absolute Gasteiger partial charge is 0.283 e. The summed E-state index contributed by atoms with van der Waals surface area (Å²) in [5.41, 5.74) is 0.893. The largest absolute Gasteiger partial charge is 0.416 e. The number of benzene rings is 1. The van der Waals surface area contributed by atoms with Gasteiger partial charge in [-0.05, 0) is 43.5 Å². The van der Waals surface area contributed by atoms with E-state index in [4.69, 9.17) is 0 Å². The number of aromatic nitrogens is 2. The number of fused-ring (bicyclic) bond motifs is 1. The minimum absolute atomic E-state index is 0.351. The van der Waals surface area contributed by atoms with Crippen LogP contribution in [0.5, 0.6) is 0 Å². The lowest BCUT2D eigenvalue weighted by molar-refractivity contribution is -0.137. The molecule has 0 saturated heterocycles. The van der Waals surface area contributed by atoms with Crippen LogP contribution in [0.3, 0.4) is 0 Å². The average Bonchev–Trinajstić information content (AvgIpc) is 3.11. The highest BCUT2D eigenvalue weighted by Crippen LogP contribution is 2.34. The van der Waals surface area contributed by atoms with Crippen molar-refractivity contribution in [3.63, 3.8) is 0 Å². The second-order valence-electron chi connectivity index (χ2n) is 6.72. The van der Waals surface area contributed by atoms with E-state index in [-0.39, 0.29) is 6.03 Å². The number of thiazole rings is 1. The van der Waals surface area contributed by atoms with Crippen molar-refractivity contribution in [3.8, 4) is 11.3 Å². The third-order valence-corrected chi connectivity index (χ3v) is 5.43. The second-order valence-corrected chi connectivity index (χ2v) is 7.95. The zero-order valence-corrected chi connectivity index (χ0v) is 16.3. The molecule has 2 amide bonds. The van der Waals surface area contributed by atoms with Gasteiger partial charge in [0.1, 0.15) is 5.82 Å². The summed E-state index contributed by atoms with van der Waals surface area (Å²) in [6.07, 6.45) is -1.22. The van der Waals surface area contributed by atoms with Crippen LogP contribution in [-0.4, -0.2) is 22.5 Å². The molecule has 0 bridgehead atoms. The van der Waals surface area contributed by atoms with Crippen LogP contribution in [-0.2, 0) is 12.6 Å². The van der Waals surface area contributed by atoms with Gasteiger partial charge in [0.15, 0.2) is 5.13 Å². The van der Waals surface area contributed by atoms with Crippen molar-refractivity contribution in [1.82, 2.24) is 9.97 Å². The lowest BCUT2D eigenvalue weighted by Crippen LogP contribution is -2.39. The zero-order valence-electron chi connectivity index (χ0n) is 15.5. The Labute approximate surface area is 169 Å². The molecule has 0 fully saturated rings. The van der Waals surface area contributed by atoms with Crippen molar-refractivity contribution in [2.45, 2.75) is 25.9 Å². The lowest BCUT2D eigenvalue weighted by atomic mass is 10.0. The number of amides is 2. The number of carbonyl (C=O) groups excluding carboxylic acids is 1. The molecule has 0 atom stereocenters. The van der Waals surface area contributed by atoms with Crippen molar-refractivity contribution in [3.05, 3.63) is 58.6 Å². The number of nitrogens with one attached hydrogen (secondary N) is 1. The van der Waals surface area contributed by atoms with Gasteiger partial charge < -0.3 is 0 Å². The molecule has 2 aromatic heterocycles. The summed E-state index contributed by atoms with van der Waals surface area (Å²) in [5, 5.41) is 3.26. The van der Waals surface area contributed by atoms with Crippen molar-refractivity contribution in [2.75, 3.05) is 16.8 Å². The molecule has 1 aliphatic rings. The number of carbonyl (C=O) groups is 1. The van der Waals surface area contributed by atoms with E-state index in [9.17, 15) is 18.0 Å². The zero-order chi connectivity index (χ0) is 20.6. The molecule has 0 radical (unpaired) electrons. The first kappa shape index (κ1) is 19.4. The Morgan fingerprint density at radius 3 is 2.79 bits per heavy atom.